The lowest BCUT2D eigenvalue weighted by atomic mass is 9.90. The molecule has 0 unspecified atom stereocenters. The summed E-state index contributed by atoms with van der Waals surface area (Å²) in [5.74, 6) is 1.92. The van der Waals surface area contributed by atoms with Crippen LogP contribution in [0.15, 0.2) is 97.1 Å². The summed E-state index contributed by atoms with van der Waals surface area (Å²) in [6, 6.07) is 36.1. The predicted octanol–water partition coefficient (Wildman–Crippen LogP) is 8.98. The molecule has 0 spiro atoms. The zero-order valence-corrected chi connectivity index (χ0v) is 26.4. The Bertz CT molecular complexity index is 1860. The molecule has 0 amide bonds. The lowest BCUT2D eigenvalue weighted by molar-refractivity contribution is 0.408. The number of methoxy groups -OCH3 is 2. The third kappa shape index (κ3) is 4.75. The first kappa shape index (κ1) is 28.0. The minimum Gasteiger partial charge on any atom is -0.496 e. The van der Waals surface area contributed by atoms with Gasteiger partial charge in [0.05, 0.1) is 14.2 Å². The first-order valence-corrected chi connectivity index (χ1v) is 15.8. The molecule has 0 saturated heterocycles. The number of fused-ring (bicyclic) bond motifs is 2. The molecular weight excluding hydrogens is 531 g/mol. The Morgan fingerprint density at radius 1 is 0.452 bits per heavy atom. The Morgan fingerprint density at radius 2 is 0.881 bits per heavy atom. The van der Waals surface area contributed by atoms with Crippen LogP contribution in [-0.2, 0) is 0 Å². The molecule has 0 aliphatic heterocycles. The van der Waals surface area contributed by atoms with Crippen LogP contribution in [0.1, 0.15) is 27.8 Å². The van der Waals surface area contributed by atoms with Gasteiger partial charge in [0.2, 0.25) is 0 Å². The van der Waals surface area contributed by atoms with E-state index in [0.29, 0.717) is 0 Å². The van der Waals surface area contributed by atoms with Gasteiger partial charge in [-0.3, -0.25) is 0 Å². The molecule has 0 heterocycles. The van der Waals surface area contributed by atoms with Crippen LogP contribution in [0.3, 0.4) is 0 Å². The third-order valence-electron chi connectivity index (χ3n) is 8.35. The molecule has 6 aromatic carbocycles. The van der Waals surface area contributed by atoms with Gasteiger partial charge in [0.15, 0.2) is 0 Å². The third-order valence-corrected chi connectivity index (χ3v) is 10.8. The van der Waals surface area contributed by atoms with Crippen LogP contribution < -0.4 is 25.4 Å². The van der Waals surface area contributed by atoms with E-state index in [1.807, 2.05) is 0 Å². The maximum absolute atomic E-state index is 5.80. The second-order valence-corrected chi connectivity index (χ2v) is 13.4. The fourth-order valence-corrected chi connectivity index (χ4v) is 9.43. The van der Waals surface area contributed by atoms with Crippen LogP contribution in [0.2, 0.25) is 0 Å². The van der Waals surface area contributed by atoms with Crippen molar-refractivity contribution in [1.29, 1.82) is 0 Å². The van der Waals surface area contributed by atoms with E-state index in [1.54, 1.807) is 14.2 Å². The molecule has 6 rings (SSSR count). The Balaban J connectivity index is 1.77. The minimum absolute atomic E-state index is 0.942. The topological polar surface area (TPSA) is 18.5 Å². The predicted molar refractivity (Wildman–Crippen MR) is 182 cm³/mol. The van der Waals surface area contributed by atoms with Crippen LogP contribution >= 0.6 is 7.92 Å². The monoisotopic (exact) mass is 568 g/mol. The van der Waals surface area contributed by atoms with Crippen molar-refractivity contribution in [3.63, 3.8) is 0 Å². The lowest BCUT2D eigenvalue weighted by Gasteiger charge is -2.27. The molecule has 0 atom stereocenters. The smallest absolute Gasteiger partial charge is 0.124 e. The highest BCUT2D eigenvalue weighted by Gasteiger charge is 2.26. The number of ether oxygens (including phenoxy) is 2. The fourth-order valence-electron chi connectivity index (χ4n) is 6.61. The van der Waals surface area contributed by atoms with Gasteiger partial charge >= 0.3 is 0 Å². The van der Waals surface area contributed by atoms with Crippen molar-refractivity contribution in [3.05, 3.63) is 125 Å². The van der Waals surface area contributed by atoms with Crippen molar-refractivity contribution in [2.45, 2.75) is 34.6 Å². The summed E-state index contributed by atoms with van der Waals surface area (Å²) in [4.78, 5) is 0. The van der Waals surface area contributed by atoms with Crippen molar-refractivity contribution in [2.75, 3.05) is 14.2 Å². The van der Waals surface area contributed by atoms with E-state index >= 15 is 0 Å². The molecular formula is C39H37O2P. The standard InChI is InChI=1S/C39H37O2P/c1-24-16-17-29-12-8-10-14-33(29)36(24)37-34-15-11-9-13-30(34)18-19-35(37)42(31-20-25(2)38(40-6)26(3)21-31)32-22-27(4)39(41-7)28(5)23-32/h8-23H,1-7H3. The summed E-state index contributed by atoms with van der Waals surface area (Å²) < 4.78 is 11.6. The average Bonchev–Trinajstić information content (AvgIpc) is 2.97. The Hall–Kier alpha value is -4.13. The van der Waals surface area contributed by atoms with Crippen molar-refractivity contribution >= 4 is 45.4 Å². The van der Waals surface area contributed by atoms with E-state index in [2.05, 4.69) is 132 Å². The van der Waals surface area contributed by atoms with Crippen LogP contribution in [0.5, 0.6) is 11.5 Å². The number of hydrogen-bond donors (Lipinski definition) is 0. The molecule has 210 valence electrons. The van der Waals surface area contributed by atoms with Gasteiger partial charge in [0.25, 0.3) is 0 Å². The van der Waals surface area contributed by atoms with Crippen LogP contribution in [-0.4, -0.2) is 14.2 Å². The van der Waals surface area contributed by atoms with Gasteiger partial charge in [-0.1, -0.05) is 72.8 Å². The summed E-state index contributed by atoms with van der Waals surface area (Å²) in [7, 11) is 2.58. The highest BCUT2D eigenvalue weighted by Crippen LogP contribution is 2.44. The Morgan fingerprint density at radius 3 is 1.36 bits per heavy atom. The molecule has 6 aromatic rings. The van der Waals surface area contributed by atoms with Gasteiger partial charge in [-0.15, -0.1) is 0 Å². The first-order valence-electron chi connectivity index (χ1n) is 14.4. The Kier molecular flexibility index (Phi) is 7.52. The van der Waals surface area contributed by atoms with Crippen LogP contribution in [0.4, 0.5) is 0 Å². The summed E-state index contributed by atoms with van der Waals surface area (Å²) >= 11 is 0. The van der Waals surface area contributed by atoms with Gasteiger partial charge in [0.1, 0.15) is 11.5 Å². The van der Waals surface area contributed by atoms with Crippen molar-refractivity contribution in [1.82, 2.24) is 0 Å². The molecule has 0 bridgehead atoms. The van der Waals surface area contributed by atoms with Gasteiger partial charge < -0.3 is 9.47 Å². The second kappa shape index (κ2) is 11.3. The maximum Gasteiger partial charge on any atom is 0.124 e. The van der Waals surface area contributed by atoms with Crippen molar-refractivity contribution in [2.24, 2.45) is 0 Å². The number of rotatable bonds is 6. The van der Waals surface area contributed by atoms with Gasteiger partial charge in [-0.05, 0) is 143 Å². The zero-order chi connectivity index (χ0) is 29.5. The zero-order valence-electron chi connectivity index (χ0n) is 25.5. The number of hydrogen-bond acceptors (Lipinski definition) is 2. The summed E-state index contributed by atoms with van der Waals surface area (Å²) in [5.41, 5.74) is 8.56. The van der Waals surface area contributed by atoms with Gasteiger partial charge in [0, 0.05) is 0 Å². The van der Waals surface area contributed by atoms with Crippen molar-refractivity contribution < 1.29 is 9.47 Å². The fraction of sp³-hybridized carbons (Fsp3) is 0.179. The van der Waals surface area contributed by atoms with E-state index in [1.165, 1.54) is 54.1 Å². The molecule has 42 heavy (non-hydrogen) atoms. The normalized spacial score (nSPS) is 11.4. The lowest BCUT2D eigenvalue weighted by Crippen LogP contribution is -2.24. The molecule has 0 saturated carbocycles. The number of benzene rings is 6. The highest BCUT2D eigenvalue weighted by molar-refractivity contribution is 7.80. The molecule has 0 aliphatic rings. The minimum atomic E-state index is -0.942. The number of aryl methyl sites for hydroxylation is 5. The molecule has 0 radical (unpaired) electrons. The van der Waals surface area contributed by atoms with E-state index < -0.39 is 7.92 Å². The van der Waals surface area contributed by atoms with E-state index in [0.717, 1.165) is 33.8 Å². The molecule has 0 fully saturated rings. The Labute approximate surface area is 250 Å². The van der Waals surface area contributed by atoms with E-state index in [9.17, 15) is 0 Å². The van der Waals surface area contributed by atoms with Crippen LogP contribution in [0, 0.1) is 34.6 Å². The molecule has 2 nitrogen and oxygen atoms in total. The molecule has 0 N–H and O–H groups in total. The van der Waals surface area contributed by atoms with E-state index in [4.69, 9.17) is 9.47 Å². The summed E-state index contributed by atoms with van der Waals surface area (Å²) in [5, 5.41) is 9.07. The second-order valence-electron chi connectivity index (χ2n) is 11.2. The largest absolute Gasteiger partial charge is 0.496 e. The summed E-state index contributed by atoms with van der Waals surface area (Å²) in [6.45, 7) is 10.9. The van der Waals surface area contributed by atoms with Crippen LogP contribution in [0.25, 0.3) is 32.7 Å². The van der Waals surface area contributed by atoms with E-state index in [-0.39, 0.29) is 0 Å². The van der Waals surface area contributed by atoms with Gasteiger partial charge in [-0.2, -0.15) is 0 Å². The first-order chi connectivity index (χ1) is 20.3. The molecule has 0 aromatic heterocycles. The summed E-state index contributed by atoms with van der Waals surface area (Å²) in [6.07, 6.45) is 0. The van der Waals surface area contributed by atoms with Gasteiger partial charge in [-0.25, -0.2) is 0 Å². The molecule has 0 aliphatic carbocycles. The SMILES string of the molecule is COc1c(C)cc(P(c2cc(C)c(OC)c(C)c2)c2ccc3ccccc3c2-c2c(C)ccc3ccccc23)cc1C. The average molecular weight is 569 g/mol. The maximum atomic E-state index is 5.80. The molecule has 3 heteroatoms. The highest BCUT2D eigenvalue weighted by atomic mass is 31.1. The quantitative estimate of drug-likeness (QED) is 0.187. The van der Waals surface area contributed by atoms with Crippen molar-refractivity contribution in [3.8, 4) is 22.6 Å².